The van der Waals surface area contributed by atoms with Crippen molar-refractivity contribution in [1.29, 1.82) is 0 Å². The van der Waals surface area contributed by atoms with Crippen molar-refractivity contribution in [3.63, 3.8) is 0 Å². The highest BCUT2D eigenvalue weighted by Crippen LogP contribution is 2.15. The van der Waals surface area contributed by atoms with Crippen molar-refractivity contribution in [3.05, 3.63) is 0 Å². The fourth-order valence-electron chi connectivity index (χ4n) is 6.13. The molecule has 262 valence electrons. The van der Waals surface area contributed by atoms with Crippen LogP contribution < -0.4 is 0 Å². The number of nitrogens with zero attached hydrogens (tertiary/aromatic N) is 1. The summed E-state index contributed by atoms with van der Waals surface area (Å²) >= 11 is 0. The molecule has 0 bridgehead atoms. The van der Waals surface area contributed by atoms with E-state index in [0.717, 1.165) is 25.7 Å². The van der Waals surface area contributed by atoms with Gasteiger partial charge in [0.25, 0.3) is 0 Å². The Hall–Kier alpha value is -1.06. The molecule has 0 aromatic carbocycles. The van der Waals surface area contributed by atoms with Gasteiger partial charge in [0, 0.05) is 20.0 Å². The van der Waals surface area contributed by atoms with E-state index >= 15 is 0 Å². The van der Waals surface area contributed by atoms with Gasteiger partial charge in [0.2, 0.25) is 5.91 Å². The van der Waals surface area contributed by atoms with Crippen molar-refractivity contribution in [3.8, 4) is 0 Å². The van der Waals surface area contributed by atoms with Gasteiger partial charge in [-0.05, 0) is 12.8 Å². The molecule has 4 nitrogen and oxygen atoms in total. The third kappa shape index (κ3) is 33.8. The van der Waals surface area contributed by atoms with Crippen LogP contribution in [0.4, 0.5) is 0 Å². The van der Waals surface area contributed by atoms with E-state index in [-0.39, 0.29) is 11.9 Å². The Morgan fingerprint density at radius 1 is 0.409 bits per heavy atom. The predicted molar refractivity (Wildman–Crippen MR) is 192 cm³/mol. The lowest BCUT2D eigenvalue weighted by Crippen LogP contribution is -2.29. The predicted octanol–water partition coefficient (Wildman–Crippen LogP) is 12.9. The lowest BCUT2D eigenvalue weighted by Gasteiger charge is -2.16. The maximum atomic E-state index is 12.3. The molecule has 0 aliphatic heterocycles. The molecule has 0 N–H and O–H groups in total. The number of carbonyl (C=O) groups is 2. The maximum Gasteiger partial charge on any atom is 0.307 e. The van der Waals surface area contributed by atoms with Crippen LogP contribution in [0.3, 0.4) is 0 Å². The van der Waals surface area contributed by atoms with Crippen molar-refractivity contribution in [2.24, 2.45) is 0 Å². The van der Waals surface area contributed by atoms with Gasteiger partial charge in [-0.3, -0.25) is 9.59 Å². The highest BCUT2D eigenvalue weighted by molar-refractivity contribution is 5.77. The third-order valence-corrected chi connectivity index (χ3v) is 9.33. The van der Waals surface area contributed by atoms with E-state index < -0.39 is 0 Å². The minimum atomic E-state index is -0.169. The second-order valence-corrected chi connectivity index (χ2v) is 13.8. The number of hydrogen-bond acceptors (Lipinski definition) is 3. The van der Waals surface area contributed by atoms with Crippen LogP contribution in [0.25, 0.3) is 0 Å². The fraction of sp³-hybridized carbons (Fsp3) is 0.950. The summed E-state index contributed by atoms with van der Waals surface area (Å²) in [5.41, 5.74) is 0. The Bertz CT molecular complexity index is 593. The van der Waals surface area contributed by atoms with Crippen LogP contribution in [0.1, 0.15) is 226 Å². The summed E-state index contributed by atoms with van der Waals surface area (Å²) in [6.45, 7) is 5.55. The van der Waals surface area contributed by atoms with Gasteiger partial charge in [-0.15, -0.1) is 0 Å². The quantitative estimate of drug-likeness (QED) is 0.0516. The summed E-state index contributed by atoms with van der Waals surface area (Å²) in [6.07, 6.45) is 42.5. The first-order valence-corrected chi connectivity index (χ1v) is 20.0. The SMILES string of the molecule is CCCCCCCCCCCCCCCCCCCCCCOC(=O)CCN(C)C(=O)CCCCCCCCCCCCC. The van der Waals surface area contributed by atoms with Gasteiger partial charge in [0.1, 0.15) is 0 Å². The monoisotopic (exact) mass is 622 g/mol. The zero-order valence-corrected chi connectivity index (χ0v) is 30.4. The van der Waals surface area contributed by atoms with E-state index in [1.807, 2.05) is 7.05 Å². The summed E-state index contributed by atoms with van der Waals surface area (Å²) in [6, 6.07) is 0. The van der Waals surface area contributed by atoms with Crippen LogP contribution in [0.5, 0.6) is 0 Å². The summed E-state index contributed by atoms with van der Waals surface area (Å²) in [5.74, 6) is -0.0139. The topological polar surface area (TPSA) is 46.6 Å². The van der Waals surface area contributed by atoms with E-state index in [9.17, 15) is 9.59 Å². The van der Waals surface area contributed by atoms with E-state index in [1.165, 1.54) is 173 Å². The van der Waals surface area contributed by atoms with E-state index in [1.54, 1.807) is 4.90 Å². The van der Waals surface area contributed by atoms with Crippen molar-refractivity contribution in [2.75, 3.05) is 20.2 Å². The fourth-order valence-corrected chi connectivity index (χ4v) is 6.13. The third-order valence-electron chi connectivity index (χ3n) is 9.33. The van der Waals surface area contributed by atoms with E-state index in [0.29, 0.717) is 26.0 Å². The summed E-state index contributed by atoms with van der Waals surface area (Å²) in [5, 5.41) is 0. The Morgan fingerprint density at radius 3 is 1.05 bits per heavy atom. The number of ether oxygens (including phenoxy) is 1. The molecule has 0 saturated heterocycles. The first-order chi connectivity index (χ1) is 21.6. The van der Waals surface area contributed by atoms with E-state index in [2.05, 4.69) is 13.8 Å². The number of unbranched alkanes of at least 4 members (excludes halogenated alkanes) is 29. The van der Waals surface area contributed by atoms with Crippen LogP contribution >= 0.6 is 0 Å². The van der Waals surface area contributed by atoms with Gasteiger partial charge in [0.05, 0.1) is 13.0 Å². The van der Waals surface area contributed by atoms with Gasteiger partial charge >= 0.3 is 5.97 Å². The first kappa shape index (κ1) is 42.9. The largest absolute Gasteiger partial charge is 0.466 e. The molecule has 0 rings (SSSR count). The highest BCUT2D eigenvalue weighted by Gasteiger charge is 2.11. The molecule has 44 heavy (non-hydrogen) atoms. The molecule has 4 heteroatoms. The minimum Gasteiger partial charge on any atom is -0.466 e. The summed E-state index contributed by atoms with van der Waals surface area (Å²) < 4.78 is 5.40. The van der Waals surface area contributed by atoms with Crippen molar-refractivity contribution in [2.45, 2.75) is 226 Å². The lowest BCUT2D eigenvalue weighted by molar-refractivity contribution is -0.144. The molecule has 0 unspecified atom stereocenters. The van der Waals surface area contributed by atoms with Crippen LogP contribution in [0.15, 0.2) is 0 Å². The Balaban J connectivity index is 3.34. The first-order valence-electron chi connectivity index (χ1n) is 20.0. The average molecular weight is 622 g/mol. The number of rotatable bonds is 36. The molecule has 0 atom stereocenters. The average Bonchev–Trinajstić information content (AvgIpc) is 3.03. The van der Waals surface area contributed by atoms with Gasteiger partial charge in [-0.25, -0.2) is 0 Å². The van der Waals surface area contributed by atoms with E-state index in [4.69, 9.17) is 4.74 Å². The van der Waals surface area contributed by atoms with Crippen LogP contribution in [-0.4, -0.2) is 37.0 Å². The van der Waals surface area contributed by atoms with Crippen molar-refractivity contribution in [1.82, 2.24) is 4.90 Å². The second-order valence-electron chi connectivity index (χ2n) is 13.8. The molecule has 0 spiro atoms. The van der Waals surface area contributed by atoms with Crippen LogP contribution in [0.2, 0.25) is 0 Å². The Morgan fingerprint density at radius 2 is 0.705 bits per heavy atom. The van der Waals surface area contributed by atoms with Crippen molar-refractivity contribution >= 4 is 11.9 Å². The van der Waals surface area contributed by atoms with Gasteiger partial charge < -0.3 is 9.64 Å². The zero-order valence-electron chi connectivity index (χ0n) is 30.4. The van der Waals surface area contributed by atoms with Crippen molar-refractivity contribution < 1.29 is 14.3 Å². The summed E-state index contributed by atoms with van der Waals surface area (Å²) in [7, 11) is 1.81. The standard InChI is InChI=1S/C40H79NO3/c1-4-6-8-10-12-14-16-17-18-19-20-21-22-23-24-26-28-30-32-34-38-44-40(43)36-37-41(3)39(42)35-33-31-29-27-25-15-13-11-9-7-5-2/h4-38H2,1-3H3. The molecular formula is C40H79NO3. The van der Waals surface area contributed by atoms with Crippen LogP contribution in [-0.2, 0) is 14.3 Å². The number of hydrogen-bond donors (Lipinski definition) is 0. The van der Waals surface area contributed by atoms with Gasteiger partial charge in [0.15, 0.2) is 0 Å². The van der Waals surface area contributed by atoms with Crippen LogP contribution in [0, 0.1) is 0 Å². The molecule has 0 radical (unpaired) electrons. The zero-order chi connectivity index (χ0) is 32.2. The molecular weight excluding hydrogens is 542 g/mol. The second kappa shape index (κ2) is 36.4. The highest BCUT2D eigenvalue weighted by atomic mass is 16.5. The summed E-state index contributed by atoms with van der Waals surface area (Å²) in [4.78, 5) is 26.1. The molecule has 0 aliphatic carbocycles. The molecule has 0 aromatic rings. The number of carbonyl (C=O) groups excluding carboxylic acids is 2. The molecule has 0 aromatic heterocycles. The van der Waals surface area contributed by atoms with Gasteiger partial charge in [-0.1, -0.05) is 200 Å². The molecule has 0 saturated carbocycles. The smallest absolute Gasteiger partial charge is 0.307 e. The lowest BCUT2D eigenvalue weighted by atomic mass is 10.0. The minimum absolute atomic E-state index is 0.155. The maximum absolute atomic E-state index is 12.3. The number of amides is 1. The number of esters is 1. The molecule has 0 aliphatic rings. The normalized spacial score (nSPS) is 11.2. The Kier molecular flexibility index (Phi) is 35.5. The molecule has 1 amide bonds. The molecule has 0 fully saturated rings. The van der Waals surface area contributed by atoms with Gasteiger partial charge in [-0.2, -0.15) is 0 Å². The Labute approximate surface area is 276 Å². The molecule has 0 heterocycles.